The van der Waals surface area contributed by atoms with Crippen LogP contribution in [0.15, 0.2) is 6.07 Å². The molecule has 98 valence electrons. The van der Waals surface area contributed by atoms with E-state index in [1.54, 1.807) is 0 Å². The maximum Gasteiger partial charge on any atom is 0.226 e. The minimum atomic E-state index is 0.324. The fourth-order valence-electron chi connectivity index (χ4n) is 2.17. The molecule has 0 saturated carbocycles. The van der Waals surface area contributed by atoms with Crippen LogP contribution in [-0.4, -0.2) is 53.1 Å². The average molecular weight is 265 g/mol. The van der Waals surface area contributed by atoms with Crippen molar-refractivity contribution in [1.82, 2.24) is 14.9 Å². The lowest BCUT2D eigenvalue weighted by atomic mass is 10.2. The Labute approximate surface area is 113 Å². The molecular weight excluding hydrogens is 246 g/mol. The van der Waals surface area contributed by atoms with Crippen molar-refractivity contribution in [1.29, 1.82) is 0 Å². The molecule has 1 aliphatic heterocycles. The van der Waals surface area contributed by atoms with Crippen molar-refractivity contribution in [3.8, 4) is 0 Å². The number of aromatic nitrogens is 2. The molecule has 0 bridgehead atoms. The molecule has 0 radical (unpaired) electrons. The van der Waals surface area contributed by atoms with Crippen molar-refractivity contribution in [2.45, 2.75) is 19.4 Å². The molecule has 2 heterocycles. The van der Waals surface area contributed by atoms with Crippen LogP contribution in [-0.2, 0) is 0 Å². The Morgan fingerprint density at radius 2 is 2.22 bits per heavy atom. The highest BCUT2D eigenvalue weighted by atomic mass is 32.1. The molecule has 1 aromatic heterocycles. The van der Waals surface area contributed by atoms with E-state index >= 15 is 0 Å². The van der Waals surface area contributed by atoms with Gasteiger partial charge in [0.25, 0.3) is 0 Å². The van der Waals surface area contributed by atoms with Crippen molar-refractivity contribution in [2.24, 2.45) is 5.73 Å². The highest BCUT2D eigenvalue weighted by molar-refractivity contribution is 7.80. The van der Waals surface area contributed by atoms with Crippen LogP contribution >= 0.6 is 12.2 Å². The summed E-state index contributed by atoms with van der Waals surface area (Å²) >= 11 is 4.98. The summed E-state index contributed by atoms with van der Waals surface area (Å²) in [5, 5.41) is 0. The van der Waals surface area contributed by atoms with Gasteiger partial charge in [-0.2, -0.15) is 0 Å². The van der Waals surface area contributed by atoms with E-state index in [-0.39, 0.29) is 0 Å². The van der Waals surface area contributed by atoms with Gasteiger partial charge in [0.1, 0.15) is 10.7 Å². The molecule has 1 aromatic rings. The van der Waals surface area contributed by atoms with Crippen LogP contribution < -0.4 is 10.6 Å². The highest BCUT2D eigenvalue weighted by Gasteiger charge is 2.26. The third-order valence-corrected chi connectivity index (χ3v) is 3.48. The summed E-state index contributed by atoms with van der Waals surface area (Å²) in [5.74, 6) is 0.738. The molecule has 2 rings (SSSR count). The van der Waals surface area contributed by atoms with Gasteiger partial charge >= 0.3 is 0 Å². The van der Waals surface area contributed by atoms with Gasteiger partial charge in [-0.1, -0.05) is 12.2 Å². The van der Waals surface area contributed by atoms with Gasteiger partial charge in [0, 0.05) is 24.8 Å². The van der Waals surface area contributed by atoms with Crippen LogP contribution in [0.3, 0.4) is 0 Å². The predicted molar refractivity (Wildman–Crippen MR) is 77.0 cm³/mol. The Kier molecular flexibility index (Phi) is 3.77. The quantitative estimate of drug-likeness (QED) is 0.806. The Bertz CT molecular complexity index is 460. The predicted octanol–water partition coefficient (Wildman–Crippen LogP) is 0.560. The van der Waals surface area contributed by atoms with Gasteiger partial charge < -0.3 is 15.5 Å². The molecule has 0 aromatic carbocycles. The second-order valence-electron chi connectivity index (χ2n) is 4.91. The number of thiocarbonyl (C=S) groups is 1. The number of nitrogens with zero attached hydrogens (tertiary/aromatic N) is 4. The molecule has 2 N–H and O–H groups in total. The maximum absolute atomic E-state index is 5.64. The lowest BCUT2D eigenvalue weighted by Gasteiger charge is -2.20. The number of hydrogen-bond acceptors (Lipinski definition) is 5. The molecule has 6 heteroatoms. The molecular formula is C12H19N5S. The first-order chi connectivity index (χ1) is 8.47. The number of hydrogen-bond donors (Lipinski definition) is 1. The van der Waals surface area contributed by atoms with Gasteiger partial charge in [-0.05, 0) is 33.5 Å². The zero-order chi connectivity index (χ0) is 13.3. The summed E-state index contributed by atoms with van der Waals surface area (Å²) in [4.78, 5) is 13.7. The van der Waals surface area contributed by atoms with E-state index in [4.69, 9.17) is 18.0 Å². The van der Waals surface area contributed by atoms with E-state index in [0.717, 1.165) is 31.2 Å². The molecule has 0 aliphatic carbocycles. The molecule has 1 atom stereocenters. The summed E-state index contributed by atoms with van der Waals surface area (Å²) in [5.41, 5.74) is 7.19. The van der Waals surface area contributed by atoms with Crippen LogP contribution in [0.5, 0.6) is 0 Å². The summed E-state index contributed by atoms with van der Waals surface area (Å²) in [6, 6.07) is 2.38. The van der Waals surface area contributed by atoms with Crippen LogP contribution in [0.4, 0.5) is 5.95 Å². The van der Waals surface area contributed by atoms with Crippen molar-refractivity contribution >= 4 is 23.2 Å². The van der Waals surface area contributed by atoms with E-state index in [1.165, 1.54) is 0 Å². The number of likely N-dealkylation sites (N-methyl/N-ethyl adjacent to an activating group) is 1. The fraction of sp³-hybridized carbons (Fsp3) is 0.583. The lowest BCUT2D eigenvalue weighted by molar-refractivity contribution is 0.315. The third kappa shape index (κ3) is 2.76. The van der Waals surface area contributed by atoms with E-state index < -0.39 is 0 Å². The average Bonchev–Trinajstić information content (AvgIpc) is 2.77. The number of rotatable bonds is 3. The van der Waals surface area contributed by atoms with Crippen LogP contribution in [0.2, 0.25) is 0 Å². The molecule has 1 saturated heterocycles. The zero-order valence-corrected chi connectivity index (χ0v) is 11.9. The van der Waals surface area contributed by atoms with Gasteiger partial charge in [-0.15, -0.1) is 0 Å². The van der Waals surface area contributed by atoms with E-state index in [0.29, 0.717) is 16.7 Å². The molecule has 1 fully saturated rings. The SMILES string of the molecule is Cc1cc(C(N)=S)nc(N2CCC(N(C)C)C2)n1. The van der Waals surface area contributed by atoms with Gasteiger partial charge in [0.05, 0.1) is 0 Å². The fourth-order valence-corrected chi connectivity index (χ4v) is 2.27. The van der Waals surface area contributed by atoms with E-state index in [1.807, 2.05) is 13.0 Å². The number of anilines is 1. The zero-order valence-electron chi connectivity index (χ0n) is 11.1. The van der Waals surface area contributed by atoms with Crippen LogP contribution in [0.1, 0.15) is 17.8 Å². The van der Waals surface area contributed by atoms with Crippen LogP contribution in [0, 0.1) is 6.92 Å². The lowest BCUT2D eigenvalue weighted by Crippen LogP contribution is -2.32. The maximum atomic E-state index is 5.64. The van der Waals surface area contributed by atoms with Crippen molar-refractivity contribution in [3.05, 3.63) is 17.5 Å². The summed E-state index contributed by atoms with van der Waals surface area (Å²) in [6.45, 7) is 3.86. The first-order valence-electron chi connectivity index (χ1n) is 6.04. The first-order valence-corrected chi connectivity index (χ1v) is 6.45. The van der Waals surface area contributed by atoms with Crippen molar-refractivity contribution in [3.63, 3.8) is 0 Å². The summed E-state index contributed by atoms with van der Waals surface area (Å²) in [7, 11) is 4.21. The topological polar surface area (TPSA) is 58.3 Å². The monoisotopic (exact) mass is 265 g/mol. The van der Waals surface area contributed by atoms with Gasteiger partial charge in [-0.3, -0.25) is 0 Å². The normalized spacial score (nSPS) is 19.6. The molecule has 0 amide bonds. The van der Waals surface area contributed by atoms with Crippen LogP contribution in [0.25, 0.3) is 0 Å². The molecule has 18 heavy (non-hydrogen) atoms. The number of nitrogens with two attached hydrogens (primary N) is 1. The Hall–Kier alpha value is -1.27. The number of aryl methyl sites for hydroxylation is 1. The Balaban J connectivity index is 2.21. The van der Waals surface area contributed by atoms with E-state index in [2.05, 4.69) is 33.9 Å². The molecule has 1 unspecified atom stereocenters. The standard InChI is InChI=1S/C12H19N5S/c1-8-6-10(11(13)18)15-12(14-8)17-5-4-9(7-17)16(2)3/h6,9H,4-5,7H2,1-3H3,(H2,13,18). The van der Waals surface area contributed by atoms with Gasteiger partial charge in [-0.25, -0.2) is 9.97 Å². The van der Waals surface area contributed by atoms with Gasteiger partial charge in [0.2, 0.25) is 5.95 Å². The smallest absolute Gasteiger partial charge is 0.226 e. The second-order valence-corrected chi connectivity index (χ2v) is 5.35. The first kappa shape index (κ1) is 13.2. The highest BCUT2D eigenvalue weighted by Crippen LogP contribution is 2.19. The Morgan fingerprint density at radius 1 is 1.50 bits per heavy atom. The molecule has 5 nitrogen and oxygen atoms in total. The van der Waals surface area contributed by atoms with Crippen molar-refractivity contribution in [2.75, 3.05) is 32.1 Å². The minimum Gasteiger partial charge on any atom is -0.388 e. The third-order valence-electron chi connectivity index (χ3n) is 3.27. The Morgan fingerprint density at radius 3 is 2.78 bits per heavy atom. The summed E-state index contributed by atoms with van der Waals surface area (Å²) < 4.78 is 0. The second kappa shape index (κ2) is 5.16. The molecule has 0 spiro atoms. The van der Waals surface area contributed by atoms with E-state index in [9.17, 15) is 0 Å². The van der Waals surface area contributed by atoms with Crippen molar-refractivity contribution < 1.29 is 0 Å². The molecule has 1 aliphatic rings. The van der Waals surface area contributed by atoms with Gasteiger partial charge in [0.15, 0.2) is 0 Å². The summed E-state index contributed by atoms with van der Waals surface area (Å²) in [6.07, 6.45) is 1.13. The minimum absolute atomic E-state index is 0.324. The largest absolute Gasteiger partial charge is 0.388 e.